The van der Waals surface area contributed by atoms with Gasteiger partial charge in [-0.3, -0.25) is 20.2 Å². The molecule has 0 amide bonds. The van der Waals surface area contributed by atoms with Crippen molar-refractivity contribution in [3.8, 4) is 17.2 Å². The van der Waals surface area contributed by atoms with Crippen LogP contribution in [0.15, 0.2) is 24.3 Å². The summed E-state index contributed by atoms with van der Waals surface area (Å²) in [5.74, 6) is -0.478. The van der Waals surface area contributed by atoms with Gasteiger partial charge in [0.05, 0.1) is 36.2 Å². The van der Waals surface area contributed by atoms with E-state index in [4.69, 9.17) is 23.7 Å². The van der Waals surface area contributed by atoms with Crippen molar-refractivity contribution in [1.82, 2.24) is 0 Å². The summed E-state index contributed by atoms with van der Waals surface area (Å²) in [6.45, 7) is 1.57. The van der Waals surface area contributed by atoms with E-state index in [1.165, 1.54) is 19.2 Å². The maximum Gasteiger partial charge on any atom is 0.345 e. The average molecular weight is 434 g/mol. The molecule has 12 nitrogen and oxygen atoms in total. The van der Waals surface area contributed by atoms with Crippen LogP contribution in [0, 0.1) is 20.2 Å². The number of methoxy groups -OCH3 is 1. The largest absolute Gasteiger partial charge is 0.493 e. The Morgan fingerprint density at radius 1 is 1.13 bits per heavy atom. The normalized spacial score (nSPS) is 12.3. The molecule has 3 rings (SSSR count). The van der Waals surface area contributed by atoms with E-state index >= 15 is 0 Å². The van der Waals surface area contributed by atoms with Crippen LogP contribution in [-0.4, -0.2) is 36.3 Å². The van der Waals surface area contributed by atoms with Crippen molar-refractivity contribution in [2.24, 2.45) is 0 Å². The second kappa shape index (κ2) is 9.26. The Morgan fingerprint density at radius 3 is 2.55 bits per heavy atom. The SMILES string of the molecule is CCOc1cc(C(=O)OCc2cc([N+](=O)[O-])cc3c2OCOC3)c([N+](=O)[O-])cc1OC. The number of non-ortho nitro benzene ring substituents is 1. The molecule has 0 aliphatic carbocycles. The molecule has 164 valence electrons. The van der Waals surface area contributed by atoms with Crippen LogP contribution in [0.25, 0.3) is 0 Å². The molecular formula is C19H18N2O10. The lowest BCUT2D eigenvalue weighted by molar-refractivity contribution is -0.385. The number of ether oxygens (including phenoxy) is 5. The van der Waals surface area contributed by atoms with Gasteiger partial charge in [-0.15, -0.1) is 0 Å². The molecule has 1 heterocycles. The first-order valence-corrected chi connectivity index (χ1v) is 9.02. The van der Waals surface area contributed by atoms with Crippen LogP contribution < -0.4 is 14.2 Å². The number of hydrogen-bond acceptors (Lipinski definition) is 10. The third-order valence-corrected chi connectivity index (χ3v) is 4.34. The first-order valence-electron chi connectivity index (χ1n) is 9.02. The highest BCUT2D eigenvalue weighted by molar-refractivity contribution is 5.95. The maximum atomic E-state index is 12.7. The number of carbonyl (C=O) groups is 1. The molecule has 0 atom stereocenters. The summed E-state index contributed by atoms with van der Waals surface area (Å²) in [6.07, 6.45) is 0. The van der Waals surface area contributed by atoms with Crippen LogP contribution in [0.5, 0.6) is 17.2 Å². The minimum absolute atomic E-state index is 0.0621. The predicted molar refractivity (Wildman–Crippen MR) is 103 cm³/mol. The highest BCUT2D eigenvalue weighted by atomic mass is 16.7. The van der Waals surface area contributed by atoms with Crippen LogP contribution in [0.4, 0.5) is 11.4 Å². The summed E-state index contributed by atoms with van der Waals surface area (Å²) in [4.78, 5) is 34.0. The monoisotopic (exact) mass is 434 g/mol. The zero-order valence-corrected chi connectivity index (χ0v) is 16.6. The first kappa shape index (κ1) is 21.8. The molecule has 0 radical (unpaired) electrons. The Kier molecular flexibility index (Phi) is 6.50. The zero-order valence-electron chi connectivity index (χ0n) is 16.6. The minimum atomic E-state index is -1.01. The molecule has 2 aromatic rings. The Labute approximate surface area is 175 Å². The van der Waals surface area contributed by atoms with Crippen LogP contribution in [0.2, 0.25) is 0 Å². The third-order valence-electron chi connectivity index (χ3n) is 4.34. The molecule has 1 aliphatic rings. The number of rotatable bonds is 8. The van der Waals surface area contributed by atoms with E-state index in [2.05, 4.69) is 0 Å². The lowest BCUT2D eigenvalue weighted by atomic mass is 10.1. The second-order valence-corrected chi connectivity index (χ2v) is 6.25. The topological polar surface area (TPSA) is 150 Å². The predicted octanol–water partition coefficient (Wildman–Crippen LogP) is 3.13. The highest BCUT2D eigenvalue weighted by Crippen LogP contribution is 2.36. The van der Waals surface area contributed by atoms with Crippen molar-refractivity contribution < 1.29 is 38.3 Å². The van der Waals surface area contributed by atoms with E-state index in [1.54, 1.807) is 6.92 Å². The van der Waals surface area contributed by atoms with Crippen LogP contribution in [0.3, 0.4) is 0 Å². The van der Waals surface area contributed by atoms with Crippen molar-refractivity contribution in [1.29, 1.82) is 0 Å². The average Bonchev–Trinajstić information content (AvgIpc) is 2.76. The van der Waals surface area contributed by atoms with Gasteiger partial charge in [-0.05, 0) is 6.92 Å². The summed E-state index contributed by atoms with van der Waals surface area (Å²) in [6, 6.07) is 4.75. The van der Waals surface area contributed by atoms with Gasteiger partial charge in [-0.2, -0.15) is 0 Å². The van der Waals surface area contributed by atoms with Gasteiger partial charge in [-0.1, -0.05) is 0 Å². The standard InChI is InChI=1S/C19H18N2O10/c1-3-29-17-6-14(15(21(25)26)7-16(17)27-2)19(22)30-9-12-5-13(20(23)24)4-11-8-28-10-31-18(11)12/h4-7H,3,8-10H2,1-2H3. The number of nitro benzene ring substituents is 2. The summed E-state index contributed by atoms with van der Waals surface area (Å²) >= 11 is 0. The number of esters is 1. The van der Waals surface area contributed by atoms with Gasteiger partial charge < -0.3 is 23.7 Å². The molecule has 31 heavy (non-hydrogen) atoms. The fourth-order valence-electron chi connectivity index (χ4n) is 3.01. The van der Waals surface area contributed by atoms with Crippen LogP contribution >= 0.6 is 0 Å². The number of nitrogens with zero attached hydrogens (tertiary/aromatic N) is 2. The third kappa shape index (κ3) is 4.64. The second-order valence-electron chi connectivity index (χ2n) is 6.25. The van der Waals surface area contributed by atoms with Gasteiger partial charge >= 0.3 is 5.97 Å². The van der Waals surface area contributed by atoms with Crippen LogP contribution in [-0.2, 0) is 22.7 Å². The fourth-order valence-corrected chi connectivity index (χ4v) is 3.01. The number of hydrogen-bond donors (Lipinski definition) is 0. The van der Waals surface area contributed by atoms with Gasteiger partial charge in [0.1, 0.15) is 17.9 Å². The van der Waals surface area contributed by atoms with E-state index < -0.39 is 28.1 Å². The molecule has 0 bridgehead atoms. The number of benzene rings is 2. The first-order chi connectivity index (χ1) is 14.8. The van der Waals surface area contributed by atoms with Crippen molar-refractivity contribution >= 4 is 17.3 Å². The molecule has 0 aromatic heterocycles. The molecule has 1 aliphatic heterocycles. The fraction of sp³-hybridized carbons (Fsp3) is 0.316. The molecule has 0 saturated heterocycles. The van der Waals surface area contributed by atoms with E-state index in [0.29, 0.717) is 11.3 Å². The van der Waals surface area contributed by atoms with Gasteiger partial charge in [-0.25, -0.2) is 4.79 Å². The molecule has 12 heteroatoms. The lowest BCUT2D eigenvalue weighted by Gasteiger charge is -2.20. The summed E-state index contributed by atoms with van der Waals surface area (Å²) in [5, 5.41) is 22.6. The van der Waals surface area contributed by atoms with E-state index in [0.717, 1.165) is 12.1 Å². The Balaban J connectivity index is 1.92. The quantitative estimate of drug-likeness (QED) is 0.344. The molecule has 0 fully saturated rings. The number of carbonyl (C=O) groups excluding carboxylic acids is 1. The summed E-state index contributed by atoms with van der Waals surface area (Å²) in [5.41, 5.74) is -0.440. The van der Waals surface area contributed by atoms with Crippen molar-refractivity contribution in [2.45, 2.75) is 20.1 Å². The van der Waals surface area contributed by atoms with Crippen LogP contribution in [0.1, 0.15) is 28.4 Å². The van der Waals surface area contributed by atoms with E-state index in [9.17, 15) is 25.0 Å². The van der Waals surface area contributed by atoms with Gasteiger partial charge in [0, 0.05) is 29.3 Å². The Hall–Kier alpha value is -3.93. The van der Waals surface area contributed by atoms with Gasteiger partial charge in [0.2, 0.25) is 0 Å². The maximum absolute atomic E-state index is 12.7. The number of nitro groups is 2. The smallest absolute Gasteiger partial charge is 0.345 e. The zero-order chi connectivity index (χ0) is 22.5. The molecule has 2 aromatic carbocycles. The molecule has 0 spiro atoms. The summed E-state index contributed by atoms with van der Waals surface area (Å²) < 4.78 is 26.2. The van der Waals surface area contributed by atoms with Crippen molar-refractivity contribution in [3.05, 3.63) is 61.2 Å². The van der Waals surface area contributed by atoms with Crippen molar-refractivity contribution in [2.75, 3.05) is 20.5 Å². The minimum Gasteiger partial charge on any atom is -0.493 e. The van der Waals surface area contributed by atoms with E-state index in [-0.39, 0.29) is 48.3 Å². The molecular weight excluding hydrogens is 416 g/mol. The van der Waals surface area contributed by atoms with E-state index in [1.807, 2.05) is 0 Å². The highest BCUT2D eigenvalue weighted by Gasteiger charge is 2.27. The number of fused-ring (bicyclic) bond motifs is 1. The van der Waals surface area contributed by atoms with Gasteiger partial charge in [0.25, 0.3) is 11.4 Å². The lowest BCUT2D eigenvalue weighted by Crippen LogP contribution is -2.15. The Morgan fingerprint density at radius 2 is 1.90 bits per heavy atom. The van der Waals surface area contributed by atoms with Crippen molar-refractivity contribution in [3.63, 3.8) is 0 Å². The Bertz CT molecular complexity index is 1040. The summed E-state index contributed by atoms with van der Waals surface area (Å²) in [7, 11) is 1.31. The molecule has 0 N–H and O–H groups in total. The van der Waals surface area contributed by atoms with Gasteiger partial charge in [0.15, 0.2) is 18.3 Å². The molecule has 0 saturated carbocycles. The molecule has 0 unspecified atom stereocenters.